The highest BCUT2D eigenvalue weighted by Gasteiger charge is 2.45. The van der Waals surface area contributed by atoms with Gasteiger partial charge in [0.05, 0.1) is 22.6 Å². The van der Waals surface area contributed by atoms with Gasteiger partial charge in [-0.2, -0.15) is 4.99 Å². The van der Waals surface area contributed by atoms with Crippen molar-refractivity contribution < 1.29 is 9.53 Å². The number of isocyanates is 1. The molecule has 1 aromatic carbocycles. The van der Waals surface area contributed by atoms with Gasteiger partial charge in [-0.05, 0) is 36.8 Å². The molecule has 5 heteroatoms. The Kier molecular flexibility index (Phi) is 3.48. The molecule has 0 N–H and O–H groups in total. The van der Waals surface area contributed by atoms with Crippen molar-refractivity contribution in [2.75, 3.05) is 13.4 Å². The van der Waals surface area contributed by atoms with E-state index in [-0.39, 0.29) is 5.54 Å². The van der Waals surface area contributed by atoms with E-state index in [1.165, 1.54) is 0 Å². The fraction of sp³-hybridized carbons (Fsp3) is 0.417. The van der Waals surface area contributed by atoms with Gasteiger partial charge >= 0.3 is 0 Å². The summed E-state index contributed by atoms with van der Waals surface area (Å²) < 4.78 is 5.25. The van der Waals surface area contributed by atoms with Crippen LogP contribution in [0.5, 0.6) is 5.75 Å². The number of hydrogen-bond acceptors (Lipinski definition) is 4. The summed E-state index contributed by atoms with van der Waals surface area (Å²) in [6.45, 7) is 0. The van der Waals surface area contributed by atoms with Crippen molar-refractivity contribution in [3.63, 3.8) is 0 Å². The van der Waals surface area contributed by atoms with Gasteiger partial charge in [0.15, 0.2) is 5.75 Å². The molecule has 0 spiro atoms. The van der Waals surface area contributed by atoms with Gasteiger partial charge in [-0.1, -0.05) is 11.6 Å². The first kappa shape index (κ1) is 12.5. The third-order valence-corrected chi connectivity index (χ3v) is 3.98. The quantitative estimate of drug-likeness (QED) is 0.478. The van der Waals surface area contributed by atoms with E-state index in [4.69, 9.17) is 16.3 Å². The van der Waals surface area contributed by atoms with E-state index in [1.807, 2.05) is 18.4 Å². The monoisotopic (exact) mass is 269 g/mol. The highest BCUT2D eigenvalue weighted by molar-refractivity contribution is 7.98. The van der Waals surface area contributed by atoms with E-state index < -0.39 is 0 Å². The number of methoxy groups -OCH3 is 1. The Morgan fingerprint density at radius 1 is 1.53 bits per heavy atom. The lowest BCUT2D eigenvalue weighted by Crippen LogP contribution is -2.03. The number of thioether (sulfide) groups is 1. The average Bonchev–Trinajstić information content (AvgIpc) is 3.09. The molecule has 0 unspecified atom stereocenters. The zero-order chi connectivity index (χ0) is 12.5. The van der Waals surface area contributed by atoms with E-state index >= 15 is 0 Å². The van der Waals surface area contributed by atoms with Crippen LogP contribution in [0.15, 0.2) is 22.0 Å². The van der Waals surface area contributed by atoms with Crippen LogP contribution >= 0.6 is 23.4 Å². The van der Waals surface area contributed by atoms with Crippen molar-refractivity contribution >= 4 is 29.4 Å². The summed E-state index contributed by atoms with van der Waals surface area (Å²) in [5.41, 5.74) is 0.582. The first-order valence-corrected chi connectivity index (χ1v) is 6.78. The molecule has 0 heterocycles. The number of hydrogen-bond donors (Lipinski definition) is 0. The summed E-state index contributed by atoms with van der Waals surface area (Å²) in [4.78, 5) is 15.3. The van der Waals surface area contributed by atoms with Crippen molar-refractivity contribution in [1.82, 2.24) is 0 Å². The number of halogens is 1. The van der Waals surface area contributed by atoms with Gasteiger partial charge in [-0.15, -0.1) is 11.8 Å². The van der Waals surface area contributed by atoms with Crippen molar-refractivity contribution in [2.24, 2.45) is 4.99 Å². The fourth-order valence-corrected chi connectivity index (χ4v) is 2.83. The van der Waals surface area contributed by atoms with Crippen molar-refractivity contribution in [3.05, 3.63) is 22.7 Å². The predicted octanol–water partition coefficient (Wildman–Crippen LogP) is 3.40. The summed E-state index contributed by atoms with van der Waals surface area (Å²) >= 11 is 7.73. The molecule has 0 atom stereocenters. The molecule has 1 fully saturated rings. The summed E-state index contributed by atoms with van der Waals surface area (Å²) in [5, 5.41) is 0.557. The van der Waals surface area contributed by atoms with Gasteiger partial charge in [0, 0.05) is 0 Å². The molecule has 1 aliphatic rings. The van der Waals surface area contributed by atoms with E-state index in [0.717, 1.165) is 23.3 Å². The second kappa shape index (κ2) is 4.73. The smallest absolute Gasteiger partial charge is 0.235 e. The van der Waals surface area contributed by atoms with Crippen LogP contribution in [0.3, 0.4) is 0 Å². The van der Waals surface area contributed by atoms with E-state index in [2.05, 4.69) is 4.99 Å². The molecule has 0 bridgehead atoms. The van der Waals surface area contributed by atoms with Crippen LogP contribution in [-0.4, -0.2) is 19.4 Å². The summed E-state index contributed by atoms with van der Waals surface area (Å²) in [7, 11) is 1.59. The molecule has 0 saturated heterocycles. The number of benzene rings is 1. The third kappa shape index (κ3) is 2.21. The summed E-state index contributed by atoms with van der Waals surface area (Å²) in [6, 6.07) is 3.82. The van der Waals surface area contributed by atoms with Gasteiger partial charge in [0.2, 0.25) is 6.08 Å². The summed E-state index contributed by atoms with van der Waals surface area (Å²) in [5.74, 6) is 0.675. The molecule has 0 radical (unpaired) electrons. The molecular formula is C12H12ClNO2S. The van der Waals surface area contributed by atoms with Crippen molar-refractivity contribution in [1.29, 1.82) is 0 Å². The maximum Gasteiger partial charge on any atom is 0.235 e. The van der Waals surface area contributed by atoms with E-state index in [9.17, 15) is 4.79 Å². The van der Waals surface area contributed by atoms with Crippen molar-refractivity contribution in [3.8, 4) is 5.75 Å². The maximum absolute atomic E-state index is 10.4. The third-order valence-electron chi connectivity index (χ3n) is 2.95. The van der Waals surface area contributed by atoms with Crippen LogP contribution in [0.2, 0.25) is 5.02 Å². The molecule has 2 rings (SSSR count). The van der Waals surface area contributed by atoms with Crippen molar-refractivity contribution in [2.45, 2.75) is 23.3 Å². The number of rotatable bonds is 4. The standard InChI is InChI=1S/C12H12ClNO2S/c1-16-11-9(13)5-8(6-10(11)17-2)12(3-4-12)14-7-15/h5-6H,3-4H2,1-2H3. The fourth-order valence-electron chi connectivity index (χ4n) is 1.86. The minimum absolute atomic E-state index is 0.387. The second-order valence-corrected chi connectivity index (χ2v) is 5.18. The number of aliphatic imine (C=N–C) groups is 1. The van der Waals surface area contributed by atoms with E-state index in [1.54, 1.807) is 25.0 Å². The molecule has 90 valence electrons. The van der Waals surface area contributed by atoms with Crippen LogP contribution in [-0.2, 0) is 10.3 Å². The number of nitrogens with zero attached hydrogens (tertiary/aromatic N) is 1. The molecule has 0 aliphatic heterocycles. The van der Waals surface area contributed by atoms with Gasteiger partial charge < -0.3 is 4.74 Å². The average molecular weight is 270 g/mol. The molecule has 1 aromatic rings. The second-order valence-electron chi connectivity index (χ2n) is 3.93. The van der Waals surface area contributed by atoms with Crippen LogP contribution in [0.1, 0.15) is 18.4 Å². The minimum Gasteiger partial charge on any atom is -0.494 e. The lowest BCUT2D eigenvalue weighted by atomic mass is 10.1. The topological polar surface area (TPSA) is 38.7 Å². The first-order chi connectivity index (χ1) is 8.16. The van der Waals surface area contributed by atoms with Crippen LogP contribution in [0.4, 0.5) is 0 Å². The Morgan fingerprint density at radius 2 is 2.24 bits per heavy atom. The SMILES string of the molecule is COc1c(Cl)cc(C2(N=C=O)CC2)cc1SC. The summed E-state index contributed by atoms with van der Waals surface area (Å²) in [6.07, 6.45) is 5.35. The lowest BCUT2D eigenvalue weighted by Gasteiger charge is -2.14. The molecule has 0 amide bonds. The van der Waals surface area contributed by atoms with Gasteiger partial charge in [0.25, 0.3) is 0 Å². The lowest BCUT2D eigenvalue weighted by molar-refractivity contribution is 0.404. The van der Waals surface area contributed by atoms with E-state index in [0.29, 0.717) is 10.8 Å². The van der Waals surface area contributed by atoms with Crippen LogP contribution in [0.25, 0.3) is 0 Å². The molecule has 1 saturated carbocycles. The maximum atomic E-state index is 10.4. The highest BCUT2D eigenvalue weighted by Crippen LogP contribution is 2.51. The molecule has 17 heavy (non-hydrogen) atoms. The predicted molar refractivity (Wildman–Crippen MR) is 68.8 cm³/mol. The Labute approximate surface area is 109 Å². The minimum atomic E-state index is -0.387. The molecule has 3 nitrogen and oxygen atoms in total. The Morgan fingerprint density at radius 3 is 2.71 bits per heavy atom. The molecule has 1 aliphatic carbocycles. The van der Waals surface area contributed by atoms with Gasteiger partial charge in [-0.25, -0.2) is 4.79 Å². The van der Waals surface area contributed by atoms with Crippen LogP contribution < -0.4 is 4.74 Å². The zero-order valence-corrected chi connectivity index (χ0v) is 11.2. The Hall–Kier alpha value is -0.960. The highest BCUT2D eigenvalue weighted by atomic mass is 35.5. The van der Waals surface area contributed by atoms with Gasteiger partial charge in [-0.3, -0.25) is 0 Å². The molecular weight excluding hydrogens is 258 g/mol. The Balaban J connectivity index is 2.51. The number of carbonyl (C=O) groups excluding carboxylic acids is 1. The Bertz CT molecular complexity index is 494. The largest absolute Gasteiger partial charge is 0.494 e. The normalized spacial score (nSPS) is 16.2. The zero-order valence-electron chi connectivity index (χ0n) is 9.62. The van der Waals surface area contributed by atoms with Gasteiger partial charge in [0.1, 0.15) is 0 Å². The number of ether oxygens (including phenoxy) is 1. The van der Waals surface area contributed by atoms with Crippen LogP contribution in [0, 0.1) is 0 Å². The molecule has 0 aromatic heterocycles. The first-order valence-electron chi connectivity index (χ1n) is 5.18.